The van der Waals surface area contributed by atoms with Gasteiger partial charge < -0.3 is 5.73 Å². The fourth-order valence-corrected chi connectivity index (χ4v) is 3.87. The molecule has 1 saturated carbocycles. The topological polar surface area (TPSA) is 38.9 Å². The highest BCUT2D eigenvalue weighted by Gasteiger charge is 2.32. The molecule has 1 fully saturated rings. The first kappa shape index (κ1) is 14.5. The van der Waals surface area contributed by atoms with Crippen LogP contribution < -0.4 is 5.73 Å². The Morgan fingerprint density at radius 3 is 2.81 bits per heavy atom. The molecule has 2 heteroatoms. The van der Waals surface area contributed by atoms with Crippen molar-refractivity contribution in [1.29, 1.82) is 0 Å². The van der Waals surface area contributed by atoms with Crippen LogP contribution in [0.4, 0.5) is 0 Å². The fourth-order valence-electron chi connectivity index (χ4n) is 3.87. The maximum Gasteiger partial charge on any atom is 0.0705 e. The molecule has 1 aromatic heterocycles. The number of rotatable bonds is 2. The Labute approximate surface area is 127 Å². The number of pyridine rings is 1. The summed E-state index contributed by atoms with van der Waals surface area (Å²) in [5.74, 6) is 1.59. The molecule has 2 aromatic rings. The SMILES string of the molecule is CC(C)C1CCCC(N)(c2cccc3ncccc23)CC1. The number of hydrogen-bond donors (Lipinski definition) is 1. The van der Waals surface area contributed by atoms with Gasteiger partial charge in [-0.1, -0.05) is 44.9 Å². The minimum absolute atomic E-state index is 0.188. The zero-order valence-corrected chi connectivity index (χ0v) is 13.2. The lowest BCUT2D eigenvalue weighted by molar-refractivity contribution is 0.326. The normalized spacial score (nSPS) is 27.0. The first-order valence-electron chi connectivity index (χ1n) is 8.23. The van der Waals surface area contributed by atoms with Crippen LogP contribution in [0.5, 0.6) is 0 Å². The highest BCUT2D eigenvalue weighted by Crippen LogP contribution is 2.40. The van der Waals surface area contributed by atoms with Crippen LogP contribution in [0.1, 0.15) is 51.5 Å². The zero-order chi connectivity index (χ0) is 14.9. The minimum atomic E-state index is -0.188. The van der Waals surface area contributed by atoms with Crippen molar-refractivity contribution in [3.05, 3.63) is 42.1 Å². The van der Waals surface area contributed by atoms with Crippen LogP contribution in [0.2, 0.25) is 0 Å². The van der Waals surface area contributed by atoms with Gasteiger partial charge in [-0.05, 0) is 48.8 Å². The van der Waals surface area contributed by atoms with Crippen molar-refractivity contribution < 1.29 is 0 Å². The maximum atomic E-state index is 6.88. The number of aromatic nitrogens is 1. The summed E-state index contributed by atoms with van der Waals surface area (Å²) in [6.45, 7) is 4.69. The van der Waals surface area contributed by atoms with Gasteiger partial charge in [-0.3, -0.25) is 4.98 Å². The quantitative estimate of drug-likeness (QED) is 0.816. The third kappa shape index (κ3) is 2.82. The molecule has 2 atom stereocenters. The average molecular weight is 282 g/mol. The predicted molar refractivity (Wildman–Crippen MR) is 89.0 cm³/mol. The highest BCUT2D eigenvalue weighted by atomic mass is 14.8. The van der Waals surface area contributed by atoms with Crippen LogP contribution >= 0.6 is 0 Å². The van der Waals surface area contributed by atoms with Crippen LogP contribution in [0.3, 0.4) is 0 Å². The molecular weight excluding hydrogens is 256 g/mol. The summed E-state index contributed by atoms with van der Waals surface area (Å²) in [6.07, 6.45) is 7.83. The minimum Gasteiger partial charge on any atom is -0.321 e. The van der Waals surface area contributed by atoms with E-state index in [-0.39, 0.29) is 5.54 Å². The lowest BCUT2D eigenvalue weighted by atomic mass is 9.81. The molecule has 0 saturated heterocycles. The lowest BCUT2D eigenvalue weighted by Gasteiger charge is -2.30. The molecule has 3 rings (SSSR count). The Morgan fingerprint density at radius 1 is 1.14 bits per heavy atom. The zero-order valence-electron chi connectivity index (χ0n) is 13.2. The second kappa shape index (κ2) is 5.76. The maximum absolute atomic E-state index is 6.88. The average Bonchev–Trinajstić information content (AvgIpc) is 2.69. The van der Waals surface area contributed by atoms with Crippen LogP contribution in [-0.4, -0.2) is 4.98 Å². The number of benzene rings is 1. The summed E-state index contributed by atoms with van der Waals surface area (Å²) in [4.78, 5) is 4.48. The Morgan fingerprint density at radius 2 is 2.00 bits per heavy atom. The molecular formula is C19H26N2. The van der Waals surface area contributed by atoms with Crippen molar-refractivity contribution in [2.75, 3.05) is 0 Å². The van der Waals surface area contributed by atoms with Crippen molar-refractivity contribution >= 4 is 10.9 Å². The molecule has 2 N–H and O–H groups in total. The van der Waals surface area contributed by atoms with Crippen molar-refractivity contribution in [2.45, 2.75) is 51.5 Å². The third-order valence-electron chi connectivity index (χ3n) is 5.28. The van der Waals surface area contributed by atoms with Crippen LogP contribution in [-0.2, 0) is 5.54 Å². The van der Waals surface area contributed by atoms with Crippen molar-refractivity contribution in [3.63, 3.8) is 0 Å². The summed E-state index contributed by atoms with van der Waals surface area (Å²) in [5.41, 5.74) is 9.04. The van der Waals surface area contributed by atoms with Crippen LogP contribution in [0.15, 0.2) is 36.5 Å². The van der Waals surface area contributed by atoms with Gasteiger partial charge in [-0.15, -0.1) is 0 Å². The van der Waals surface area contributed by atoms with Gasteiger partial charge in [0.05, 0.1) is 5.52 Å². The predicted octanol–water partition coefficient (Wildman–Crippen LogP) is 4.63. The van der Waals surface area contributed by atoms with Gasteiger partial charge in [0.15, 0.2) is 0 Å². The number of hydrogen-bond acceptors (Lipinski definition) is 2. The molecule has 1 aliphatic carbocycles. The van der Waals surface area contributed by atoms with E-state index in [4.69, 9.17) is 5.73 Å². The van der Waals surface area contributed by atoms with E-state index >= 15 is 0 Å². The Balaban J connectivity index is 1.97. The molecule has 0 aliphatic heterocycles. The molecule has 2 unspecified atom stereocenters. The van der Waals surface area contributed by atoms with E-state index in [1.165, 1.54) is 30.2 Å². The molecule has 1 aromatic carbocycles. The Bertz CT molecular complexity index is 614. The Hall–Kier alpha value is -1.41. The van der Waals surface area contributed by atoms with E-state index in [0.29, 0.717) is 0 Å². The second-order valence-electron chi connectivity index (χ2n) is 6.97. The monoisotopic (exact) mass is 282 g/mol. The van der Waals surface area contributed by atoms with Gasteiger partial charge in [0.25, 0.3) is 0 Å². The fraction of sp³-hybridized carbons (Fsp3) is 0.526. The summed E-state index contributed by atoms with van der Waals surface area (Å²) >= 11 is 0. The summed E-state index contributed by atoms with van der Waals surface area (Å²) in [6, 6.07) is 10.6. The summed E-state index contributed by atoms with van der Waals surface area (Å²) < 4.78 is 0. The molecule has 112 valence electrons. The molecule has 0 amide bonds. The number of nitrogens with zero attached hydrogens (tertiary/aromatic N) is 1. The van der Waals surface area contributed by atoms with Crippen LogP contribution in [0, 0.1) is 11.8 Å². The molecule has 0 spiro atoms. The number of fused-ring (bicyclic) bond motifs is 1. The molecule has 21 heavy (non-hydrogen) atoms. The second-order valence-corrected chi connectivity index (χ2v) is 6.97. The van der Waals surface area contributed by atoms with E-state index in [9.17, 15) is 0 Å². The van der Waals surface area contributed by atoms with Gasteiger partial charge in [0, 0.05) is 17.1 Å². The molecule has 1 heterocycles. The van der Waals surface area contributed by atoms with E-state index in [0.717, 1.165) is 30.2 Å². The standard InChI is InChI=1S/C19H26N2/c1-14(2)15-6-4-11-19(20,12-10-15)17-8-3-9-18-16(17)7-5-13-21-18/h3,5,7-9,13-15H,4,6,10-12,20H2,1-2H3. The Kier molecular flexibility index (Phi) is 3.99. The van der Waals surface area contributed by atoms with Gasteiger partial charge in [-0.2, -0.15) is 0 Å². The lowest BCUT2D eigenvalue weighted by Crippen LogP contribution is -2.36. The third-order valence-corrected chi connectivity index (χ3v) is 5.28. The first-order valence-corrected chi connectivity index (χ1v) is 8.23. The largest absolute Gasteiger partial charge is 0.321 e. The van der Waals surface area contributed by atoms with Gasteiger partial charge in [0.2, 0.25) is 0 Å². The van der Waals surface area contributed by atoms with E-state index in [2.05, 4.69) is 43.1 Å². The first-order chi connectivity index (χ1) is 10.1. The van der Waals surface area contributed by atoms with E-state index in [1.54, 1.807) is 0 Å². The smallest absolute Gasteiger partial charge is 0.0705 e. The molecule has 0 radical (unpaired) electrons. The van der Waals surface area contributed by atoms with Crippen LogP contribution in [0.25, 0.3) is 10.9 Å². The molecule has 1 aliphatic rings. The van der Waals surface area contributed by atoms with E-state index < -0.39 is 0 Å². The summed E-state index contributed by atoms with van der Waals surface area (Å²) in [7, 11) is 0. The molecule has 2 nitrogen and oxygen atoms in total. The van der Waals surface area contributed by atoms with Gasteiger partial charge >= 0.3 is 0 Å². The van der Waals surface area contributed by atoms with Gasteiger partial charge in [-0.25, -0.2) is 0 Å². The van der Waals surface area contributed by atoms with Crippen molar-refractivity contribution in [2.24, 2.45) is 17.6 Å². The van der Waals surface area contributed by atoms with Crippen molar-refractivity contribution in [1.82, 2.24) is 4.98 Å². The number of nitrogens with two attached hydrogens (primary N) is 1. The highest BCUT2D eigenvalue weighted by molar-refractivity contribution is 5.83. The molecule has 0 bridgehead atoms. The van der Waals surface area contributed by atoms with Gasteiger partial charge in [0.1, 0.15) is 0 Å². The van der Waals surface area contributed by atoms with Crippen molar-refractivity contribution in [3.8, 4) is 0 Å². The van der Waals surface area contributed by atoms with E-state index in [1.807, 2.05) is 12.3 Å². The summed E-state index contributed by atoms with van der Waals surface area (Å²) in [5, 5.41) is 1.23.